The summed E-state index contributed by atoms with van der Waals surface area (Å²) < 4.78 is 39.5. The van der Waals surface area contributed by atoms with Gasteiger partial charge in [-0.2, -0.15) is 0 Å². The van der Waals surface area contributed by atoms with Gasteiger partial charge in [0.25, 0.3) is 0 Å². The monoisotopic (exact) mass is 312 g/mol. The van der Waals surface area contributed by atoms with Crippen LogP contribution >= 0.6 is 0 Å². The number of hydrogen-bond acceptors (Lipinski definition) is 2. The van der Waals surface area contributed by atoms with Crippen molar-refractivity contribution in [2.45, 2.75) is 31.7 Å². The molecule has 22 heavy (non-hydrogen) atoms. The van der Waals surface area contributed by atoms with E-state index in [1.165, 1.54) is 0 Å². The zero-order chi connectivity index (χ0) is 15.9. The summed E-state index contributed by atoms with van der Waals surface area (Å²) >= 11 is 0. The standard InChI is InChI=1S/C15H15F3N2O2/c16-10-4-5-11(14(18)13(10)17)19-15(22)8-6-12(21)20(7-8)9-2-1-3-9/h4-5,8-9H,1-3,6-7H2,(H,19,22). The highest BCUT2D eigenvalue weighted by atomic mass is 19.2. The number of anilines is 1. The smallest absolute Gasteiger partial charge is 0.229 e. The molecule has 0 aromatic heterocycles. The average Bonchev–Trinajstić information content (AvgIpc) is 2.80. The van der Waals surface area contributed by atoms with Gasteiger partial charge in [0.15, 0.2) is 17.5 Å². The molecule has 1 aliphatic carbocycles. The van der Waals surface area contributed by atoms with Gasteiger partial charge >= 0.3 is 0 Å². The van der Waals surface area contributed by atoms with Crippen LogP contribution in [0.1, 0.15) is 25.7 Å². The molecule has 2 fully saturated rings. The summed E-state index contributed by atoms with van der Waals surface area (Å²) in [5, 5.41) is 2.24. The largest absolute Gasteiger partial charge is 0.339 e. The Bertz CT molecular complexity index is 631. The van der Waals surface area contributed by atoms with Crippen LogP contribution in [0, 0.1) is 23.4 Å². The summed E-state index contributed by atoms with van der Waals surface area (Å²) in [6, 6.07) is 1.91. The van der Waals surface area contributed by atoms with Gasteiger partial charge in [0.05, 0.1) is 11.6 Å². The van der Waals surface area contributed by atoms with E-state index in [2.05, 4.69) is 5.32 Å². The number of halogens is 3. The van der Waals surface area contributed by atoms with Crippen molar-refractivity contribution in [1.29, 1.82) is 0 Å². The van der Waals surface area contributed by atoms with Gasteiger partial charge in [-0.3, -0.25) is 9.59 Å². The number of likely N-dealkylation sites (tertiary alicyclic amines) is 1. The Morgan fingerprint density at radius 3 is 2.55 bits per heavy atom. The fourth-order valence-electron chi connectivity index (χ4n) is 2.82. The molecule has 7 heteroatoms. The first kappa shape index (κ1) is 14.9. The second kappa shape index (κ2) is 5.62. The molecule has 1 atom stereocenters. The van der Waals surface area contributed by atoms with Crippen LogP contribution in [0.4, 0.5) is 18.9 Å². The number of benzene rings is 1. The molecule has 0 spiro atoms. The Kier molecular flexibility index (Phi) is 3.80. The number of hydrogen-bond donors (Lipinski definition) is 1. The summed E-state index contributed by atoms with van der Waals surface area (Å²) in [5.41, 5.74) is -0.418. The molecule has 4 nitrogen and oxygen atoms in total. The highest BCUT2D eigenvalue weighted by Gasteiger charge is 2.39. The molecule has 1 unspecified atom stereocenters. The summed E-state index contributed by atoms with van der Waals surface area (Å²) in [4.78, 5) is 25.7. The van der Waals surface area contributed by atoms with Crippen molar-refractivity contribution in [3.8, 4) is 0 Å². The maximum atomic E-state index is 13.5. The Hall–Kier alpha value is -2.05. The summed E-state index contributed by atoms with van der Waals surface area (Å²) in [7, 11) is 0. The van der Waals surface area contributed by atoms with Gasteiger partial charge in [0.2, 0.25) is 11.8 Å². The molecule has 1 N–H and O–H groups in total. The molecule has 1 aromatic carbocycles. The summed E-state index contributed by atoms with van der Waals surface area (Å²) in [6.45, 7) is 0.292. The van der Waals surface area contributed by atoms with E-state index in [0.717, 1.165) is 31.4 Å². The van der Waals surface area contributed by atoms with E-state index in [-0.39, 0.29) is 18.4 Å². The Morgan fingerprint density at radius 1 is 1.18 bits per heavy atom. The van der Waals surface area contributed by atoms with Crippen molar-refractivity contribution < 1.29 is 22.8 Å². The van der Waals surface area contributed by atoms with Crippen LogP contribution in [0.2, 0.25) is 0 Å². The highest BCUT2D eigenvalue weighted by Crippen LogP contribution is 2.31. The lowest BCUT2D eigenvalue weighted by atomic mass is 9.92. The minimum Gasteiger partial charge on any atom is -0.339 e. The molecule has 2 amide bonds. The lowest BCUT2D eigenvalue weighted by Gasteiger charge is -2.34. The van der Waals surface area contributed by atoms with E-state index in [1.807, 2.05) is 0 Å². The first-order valence-electron chi connectivity index (χ1n) is 7.21. The number of amides is 2. The van der Waals surface area contributed by atoms with Crippen molar-refractivity contribution in [3.05, 3.63) is 29.6 Å². The molecule has 3 rings (SSSR count). The van der Waals surface area contributed by atoms with Crippen molar-refractivity contribution in [3.63, 3.8) is 0 Å². The SMILES string of the molecule is O=C(Nc1ccc(F)c(F)c1F)C1CC(=O)N(C2CCC2)C1. The van der Waals surface area contributed by atoms with Crippen LogP contribution in [-0.2, 0) is 9.59 Å². The zero-order valence-electron chi connectivity index (χ0n) is 11.7. The van der Waals surface area contributed by atoms with Gasteiger partial charge in [0.1, 0.15) is 0 Å². The first-order chi connectivity index (χ1) is 10.5. The Balaban J connectivity index is 1.68. The van der Waals surface area contributed by atoms with Crippen LogP contribution in [0.5, 0.6) is 0 Å². The molecule has 1 saturated carbocycles. The molecule has 1 saturated heterocycles. The number of nitrogens with zero attached hydrogens (tertiary/aromatic N) is 1. The molecule has 0 radical (unpaired) electrons. The van der Waals surface area contributed by atoms with E-state index >= 15 is 0 Å². The second-order valence-corrected chi connectivity index (χ2v) is 5.74. The fraction of sp³-hybridized carbons (Fsp3) is 0.467. The van der Waals surface area contributed by atoms with Gasteiger partial charge in [0, 0.05) is 19.0 Å². The topological polar surface area (TPSA) is 49.4 Å². The van der Waals surface area contributed by atoms with E-state index < -0.39 is 35.0 Å². The lowest BCUT2D eigenvalue weighted by molar-refractivity contribution is -0.131. The van der Waals surface area contributed by atoms with Crippen molar-refractivity contribution in [2.24, 2.45) is 5.92 Å². The predicted molar refractivity (Wildman–Crippen MR) is 72.4 cm³/mol. The van der Waals surface area contributed by atoms with Gasteiger partial charge in [-0.1, -0.05) is 0 Å². The maximum Gasteiger partial charge on any atom is 0.229 e. The molecule has 1 aromatic rings. The quantitative estimate of drug-likeness (QED) is 0.872. The average molecular weight is 312 g/mol. The first-order valence-corrected chi connectivity index (χ1v) is 7.21. The van der Waals surface area contributed by atoms with Crippen LogP contribution < -0.4 is 5.32 Å². The fourth-order valence-corrected chi connectivity index (χ4v) is 2.82. The van der Waals surface area contributed by atoms with Crippen molar-refractivity contribution in [2.75, 3.05) is 11.9 Å². The van der Waals surface area contributed by atoms with Crippen LogP contribution in [0.3, 0.4) is 0 Å². The second-order valence-electron chi connectivity index (χ2n) is 5.74. The molecule has 118 valence electrons. The Morgan fingerprint density at radius 2 is 1.91 bits per heavy atom. The predicted octanol–water partition coefficient (Wildman–Crippen LogP) is 2.44. The number of nitrogens with one attached hydrogen (secondary N) is 1. The molecule has 2 aliphatic rings. The number of carbonyl (C=O) groups is 2. The third-order valence-electron chi connectivity index (χ3n) is 4.34. The third-order valence-corrected chi connectivity index (χ3v) is 4.34. The molecule has 0 bridgehead atoms. The minimum atomic E-state index is -1.63. The zero-order valence-corrected chi connectivity index (χ0v) is 11.7. The van der Waals surface area contributed by atoms with Gasteiger partial charge in [-0.15, -0.1) is 0 Å². The minimum absolute atomic E-state index is 0.0631. The Labute approximate surface area is 125 Å². The molecule has 1 heterocycles. The lowest BCUT2D eigenvalue weighted by Crippen LogP contribution is -2.41. The van der Waals surface area contributed by atoms with E-state index in [9.17, 15) is 22.8 Å². The van der Waals surface area contributed by atoms with Crippen molar-refractivity contribution in [1.82, 2.24) is 4.90 Å². The molecule has 1 aliphatic heterocycles. The van der Waals surface area contributed by atoms with Crippen molar-refractivity contribution >= 4 is 17.5 Å². The molecular weight excluding hydrogens is 297 g/mol. The van der Waals surface area contributed by atoms with E-state index in [0.29, 0.717) is 6.54 Å². The maximum absolute atomic E-state index is 13.5. The van der Waals surface area contributed by atoms with E-state index in [4.69, 9.17) is 0 Å². The van der Waals surface area contributed by atoms with Crippen LogP contribution in [0.25, 0.3) is 0 Å². The summed E-state index contributed by atoms with van der Waals surface area (Å²) in [5.74, 6) is -5.62. The normalized spacial score (nSPS) is 21.9. The number of rotatable bonds is 3. The van der Waals surface area contributed by atoms with E-state index in [1.54, 1.807) is 4.90 Å². The highest BCUT2D eigenvalue weighted by molar-refractivity contribution is 5.97. The van der Waals surface area contributed by atoms with Gasteiger partial charge in [-0.25, -0.2) is 13.2 Å². The number of carbonyl (C=O) groups excluding carboxylic acids is 2. The summed E-state index contributed by atoms with van der Waals surface area (Å²) in [6.07, 6.45) is 3.02. The molecular formula is C15H15F3N2O2. The van der Waals surface area contributed by atoms with Crippen LogP contribution in [0.15, 0.2) is 12.1 Å². The van der Waals surface area contributed by atoms with Gasteiger partial charge in [-0.05, 0) is 31.4 Å². The third kappa shape index (κ3) is 2.55. The van der Waals surface area contributed by atoms with Crippen LogP contribution in [-0.4, -0.2) is 29.3 Å². The van der Waals surface area contributed by atoms with Gasteiger partial charge < -0.3 is 10.2 Å².